The van der Waals surface area contributed by atoms with E-state index in [4.69, 9.17) is 0 Å². The van der Waals surface area contributed by atoms with Crippen LogP contribution in [0.5, 0.6) is 0 Å². The number of hydrazone groups is 1. The first-order valence-corrected chi connectivity index (χ1v) is 8.54. The molecule has 0 saturated heterocycles. The Labute approximate surface area is 133 Å². The van der Waals surface area contributed by atoms with Gasteiger partial charge in [-0.2, -0.15) is 13.5 Å². The van der Waals surface area contributed by atoms with Crippen molar-refractivity contribution in [3.05, 3.63) is 63.6 Å². The number of nitrogens with zero attached hydrogens (tertiary/aromatic N) is 1. The number of sulfonamides is 1. The van der Waals surface area contributed by atoms with Crippen LogP contribution in [0.4, 0.5) is 0 Å². The Kier molecular flexibility index (Phi) is 4.80. The Morgan fingerprint density at radius 3 is 2.43 bits per heavy atom. The molecule has 0 fully saturated rings. The molecule has 0 amide bonds. The maximum absolute atomic E-state index is 12.1. The molecular weight excluding hydrogens is 352 g/mol. The summed E-state index contributed by atoms with van der Waals surface area (Å²) in [5.41, 5.74) is 2.86. The van der Waals surface area contributed by atoms with Crippen LogP contribution in [-0.4, -0.2) is 14.6 Å². The highest BCUT2D eigenvalue weighted by molar-refractivity contribution is 9.10. The third-order valence-corrected chi connectivity index (χ3v) is 4.68. The van der Waals surface area contributed by atoms with Crippen LogP contribution in [0.2, 0.25) is 0 Å². The second-order valence-corrected chi connectivity index (χ2v) is 7.24. The molecule has 0 aromatic heterocycles. The summed E-state index contributed by atoms with van der Waals surface area (Å²) in [5.74, 6) is 0. The smallest absolute Gasteiger partial charge is 0.200 e. The van der Waals surface area contributed by atoms with E-state index in [0.717, 1.165) is 21.2 Å². The topological polar surface area (TPSA) is 58.5 Å². The summed E-state index contributed by atoms with van der Waals surface area (Å²) >= 11 is 3.37. The molecule has 4 nitrogen and oxygen atoms in total. The van der Waals surface area contributed by atoms with Gasteiger partial charge in [-0.25, -0.2) is 4.83 Å². The molecule has 0 spiro atoms. The minimum absolute atomic E-state index is 0.191. The van der Waals surface area contributed by atoms with Crippen LogP contribution in [0.1, 0.15) is 16.7 Å². The van der Waals surface area contributed by atoms with Gasteiger partial charge in [-0.05, 0) is 49.2 Å². The Bertz CT molecular complexity index is 769. The summed E-state index contributed by atoms with van der Waals surface area (Å²) < 4.78 is 25.0. The van der Waals surface area contributed by atoms with E-state index < -0.39 is 10.0 Å². The highest BCUT2D eigenvalue weighted by Gasteiger charge is 2.11. The van der Waals surface area contributed by atoms with Crippen LogP contribution in [0.25, 0.3) is 0 Å². The summed E-state index contributed by atoms with van der Waals surface area (Å²) in [7, 11) is -3.63. The van der Waals surface area contributed by atoms with Crippen molar-refractivity contribution in [1.29, 1.82) is 0 Å². The number of halogens is 1. The van der Waals surface area contributed by atoms with Gasteiger partial charge in [0.05, 0.1) is 11.1 Å². The molecule has 2 aromatic rings. The van der Waals surface area contributed by atoms with Crippen LogP contribution >= 0.6 is 15.9 Å². The first-order valence-electron chi connectivity index (χ1n) is 6.26. The fourth-order valence-electron chi connectivity index (χ4n) is 1.69. The van der Waals surface area contributed by atoms with Gasteiger partial charge >= 0.3 is 0 Å². The fourth-order valence-corrected chi connectivity index (χ4v) is 2.86. The van der Waals surface area contributed by atoms with Gasteiger partial charge in [-0.15, -0.1) is 0 Å². The first kappa shape index (κ1) is 15.7. The van der Waals surface area contributed by atoms with Gasteiger partial charge in [0.25, 0.3) is 10.0 Å². The lowest BCUT2D eigenvalue weighted by atomic mass is 10.1. The van der Waals surface area contributed by atoms with Gasteiger partial charge in [0, 0.05) is 4.47 Å². The number of rotatable bonds is 4. The summed E-state index contributed by atoms with van der Waals surface area (Å²) in [6, 6.07) is 12.3. The number of hydrogen-bond acceptors (Lipinski definition) is 3. The summed E-state index contributed by atoms with van der Waals surface area (Å²) in [5, 5.41) is 3.83. The van der Waals surface area contributed by atoms with E-state index in [9.17, 15) is 8.42 Å². The van der Waals surface area contributed by atoms with Gasteiger partial charge in [0.1, 0.15) is 0 Å². The minimum Gasteiger partial charge on any atom is -0.200 e. The van der Waals surface area contributed by atoms with Crippen LogP contribution in [-0.2, 0) is 10.0 Å². The molecule has 6 heteroatoms. The minimum atomic E-state index is -3.63. The molecule has 0 atom stereocenters. The fraction of sp³-hybridized carbons (Fsp3) is 0.133. The second-order valence-electron chi connectivity index (χ2n) is 4.67. The van der Waals surface area contributed by atoms with Crippen molar-refractivity contribution < 1.29 is 8.42 Å². The van der Waals surface area contributed by atoms with Crippen LogP contribution in [0.3, 0.4) is 0 Å². The van der Waals surface area contributed by atoms with Crippen molar-refractivity contribution in [3.63, 3.8) is 0 Å². The van der Waals surface area contributed by atoms with Crippen molar-refractivity contribution in [2.75, 3.05) is 0 Å². The molecule has 0 radical (unpaired) electrons. The van der Waals surface area contributed by atoms with E-state index in [1.807, 2.05) is 32.0 Å². The molecule has 0 aliphatic rings. The zero-order chi connectivity index (χ0) is 15.5. The van der Waals surface area contributed by atoms with Crippen LogP contribution in [0, 0.1) is 13.8 Å². The molecule has 0 aliphatic carbocycles. The van der Waals surface area contributed by atoms with Gasteiger partial charge in [0.15, 0.2) is 0 Å². The zero-order valence-electron chi connectivity index (χ0n) is 11.7. The quantitative estimate of drug-likeness (QED) is 0.665. The molecule has 0 aliphatic heterocycles. The molecule has 0 saturated carbocycles. The number of nitrogens with one attached hydrogen (secondary N) is 1. The van der Waals surface area contributed by atoms with E-state index in [1.54, 1.807) is 24.3 Å². The monoisotopic (exact) mass is 366 g/mol. The summed E-state index contributed by atoms with van der Waals surface area (Å²) in [6.07, 6.45) is 1.49. The molecule has 110 valence electrons. The lowest BCUT2D eigenvalue weighted by molar-refractivity contribution is 0.584. The van der Waals surface area contributed by atoms with Crippen LogP contribution < -0.4 is 4.83 Å². The largest absolute Gasteiger partial charge is 0.276 e. The summed E-state index contributed by atoms with van der Waals surface area (Å²) in [6.45, 7) is 3.83. The zero-order valence-corrected chi connectivity index (χ0v) is 14.1. The average molecular weight is 367 g/mol. The molecule has 0 unspecified atom stereocenters. The molecular formula is C15H15BrN2O2S. The van der Waals surface area contributed by atoms with Crippen molar-refractivity contribution in [1.82, 2.24) is 4.83 Å². The lowest BCUT2D eigenvalue weighted by Gasteiger charge is -2.04. The second kappa shape index (κ2) is 6.41. The molecule has 0 heterocycles. The normalized spacial score (nSPS) is 11.8. The van der Waals surface area contributed by atoms with Gasteiger partial charge in [0.2, 0.25) is 0 Å². The predicted molar refractivity (Wildman–Crippen MR) is 88.0 cm³/mol. The molecule has 0 bridgehead atoms. The Hall–Kier alpha value is -1.66. The Balaban J connectivity index is 2.16. The van der Waals surface area contributed by atoms with E-state index in [1.165, 1.54) is 6.21 Å². The Morgan fingerprint density at radius 1 is 1.10 bits per heavy atom. The van der Waals surface area contributed by atoms with E-state index in [2.05, 4.69) is 25.9 Å². The standard InChI is InChI=1S/C15H15BrN2O2S/c1-11-3-7-15(8-4-11)21(19,20)18-17-10-13-9-14(16)6-5-12(13)2/h3-10,18H,1-2H3/b17-10+. The van der Waals surface area contributed by atoms with Gasteiger partial charge < -0.3 is 0 Å². The highest BCUT2D eigenvalue weighted by atomic mass is 79.9. The van der Waals surface area contributed by atoms with Crippen molar-refractivity contribution in [2.24, 2.45) is 5.10 Å². The molecule has 2 rings (SSSR count). The van der Waals surface area contributed by atoms with E-state index >= 15 is 0 Å². The van der Waals surface area contributed by atoms with Gasteiger partial charge in [-0.3, -0.25) is 0 Å². The van der Waals surface area contributed by atoms with Gasteiger partial charge in [-0.1, -0.05) is 39.7 Å². The number of aryl methyl sites for hydroxylation is 2. The summed E-state index contributed by atoms with van der Waals surface area (Å²) in [4.78, 5) is 2.41. The third kappa shape index (κ3) is 4.15. The number of benzene rings is 2. The van der Waals surface area contributed by atoms with Crippen molar-refractivity contribution in [2.45, 2.75) is 18.7 Å². The number of hydrogen-bond donors (Lipinski definition) is 1. The SMILES string of the molecule is Cc1ccc(S(=O)(=O)N/N=C/c2cc(Br)ccc2C)cc1. The highest BCUT2D eigenvalue weighted by Crippen LogP contribution is 2.14. The van der Waals surface area contributed by atoms with Crippen molar-refractivity contribution in [3.8, 4) is 0 Å². The first-order chi connectivity index (χ1) is 9.88. The van der Waals surface area contributed by atoms with Crippen molar-refractivity contribution >= 4 is 32.2 Å². The molecule has 21 heavy (non-hydrogen) atoms. The van der Waals surface area contributed by atoms with E-state index in [-0.39, 0.29) is 4.90 Å². The maximum Gasteiger partial charge on any atom is 0.276 e. The Morgan fingerprint density at radius 2 is 1.76 bits per heavy atom. The molecule has 1 N–H and O–H groups in total. The maximum atomic E-state index is 12.1. The molecule has 2 aromatic carbocycles. The van der Waals surface area contributed by atoms with Crippen LogP contribution in [0.15, 0.2) is 56.9 Å². The third-order valence-electron chi connectivity index (χ3n) is 2.95. The average Bonchev–Trinajstić information content (AvgIpc) is 2.43. The predicted octanol–water partition coefficient (Wildman–Crippen LogP) is 3.38. The van der Waals surface area contributed by atoms with E-state index in [0.29, 0.717) is 0 Å². The lowest BCUT2D eigenvalue weighted by Crippen LogP contribution is -2.18.